The van der Waals surface area contributed by atoms with Gasteiger partial charge in [0.05, 0.1) is 20.1 Å². The number of aryl methyl sites for hydroxylation is 1. The zero-order valence-electron chi connectivity index (χ0n) is 18.6. The Morgan fingerprint density at radius 3 is 2.24 bits per heavy atom. The summed E-state index contributed by atoms with van der Waals surface area (Å²) < 4.78 is 33.8. The van der Waals surface area contributed by atoms with Gasteiger partial charge in [0.15, 0.2) is 0 Å². The molecule has 0 amide bonds. The van der Waals surface area contributed by atoms with Gasteiger partial charge in [0, 0.05) is 12.0 Å². The third-order valence-corrected chi connectivity index (χ3v) is 9.78. The average Bonchev–Trinajstić information content (AvgIpc) is 3.22. The zero-order valence-corrected chi connectivity index (χ0v) is 20.4. The predicted octanol–water partition coefficient (Wildman–Crippen LogP) is 4.15. The summed E-state index contributed by atoms with van der Waals surface area (Å²) in [6, 6.07) is 6.81. The van der Waals surface area contributed by atoms with Crippen molar-refractivity contribution in [3.63, 3.8) is 0 Å². The Bertz CT molecular complexity index is 950. The van der Waals surface area contributed by atoms with Crippen LogP contribution in [0.3, 0.4) is 0 Å². The minimum Gasteiger partial charge on any atom is -0.468 e. The molecule has 3 atom stereocenters. The highest BCUT2D eigenvalue weighted by molar-refractivity contribution is 7.89. The fourth-order valence-corrected chi connectivity index (χ4v) is 7.34. The van der Waals surface area contributed by atoms with Crippen molar-refractivity contribution in [1.29, 1.82) is 0 Å². The fraction of sp³-hybridized carbons (Fsp3) is 0.591. The number of benzene rings is 1. The third-order valence-electron chi connectivity index (χ3n) is 6.63. The van der Waals surface area contributed by atoms with Gasteiger partial charge in [-0.1, -0.05) is 56.0 Å². The van der Waals surface area contributed by atoms with Gasteiger partial charge < -0.3 is 4.74 Å². The normalized spacial score (nSPS) is 32.8. The maximum atomic E-state index is 13.6. The van der Waals surface area contributed by atoms with Crippen molar-refractivity contribution < 1.29 is 17.9 Å². The lowest BCUT2D eigenvalue weighted by atomic mass is 9.78. The topological polar surface area (TPSA) is 63.7 Å². The molecule has 1 saturated carbocycles. The smallest absolute Gasteiger partial charge is 0.327 e. The van der Waals surface area contributed by atoms with Crippen molar-refractivity contribution in [3.05, 3.63) is 41.6 Å². The molecular formula is C22H33NO4SSi. The third kappa shape index (κ3) is 3.73. The highest BCUT2D eigenvalue weighted by atomic mass is 32.2. The Morgan fingerprint density at radius 1 is 1.14 bits per heavy atom. The van der Waals surface area contributed by atoms with Crippen LogP contribution in [0.15, 0.2) is 40.9 Å². The summed E-state index contributed by atoms with van der Waals surface area (Å²) in [6.07, 6.45) is 3.58. The van der Waals surface area contributed by atoms with Crippen molar-refractivity contribution in [3.8, 4) is 0 Å². The Kier molecular flexibility index (Phi) is 5.21. The number of nitrogens with zero attached hydrogens (tertiary/aromatic N) is 1. The number of piperidine rings is 1. The summed E-state index contributed by atoms with van der Waals surface area (Å²) in [5, 5.41) is 0. The van der Waals surface area contributed by atoms with Crippen molar-refractivity contribution in [2.75, 3.05) is 13.7 Å². The first-order valence-corrected chi connectivity index (χ1v) is 15.1. The molecule has 1 heterocycles. The second kappa shape index (κ2) is 6.79. The van der Waals surface area contributed by atoms with E-state index in [9.17, 15) is 13.2 Å². The predicted molar refractivity (Wildman–Crippen MR) is 118 cm³/mol. The average molecular weight is 436 g/mol. The van der Waals surface area contributed by atoms with Crippen molar-refractivity contribution in [2.45, 2.75) is 63.7 Å². The largest absolute Gasteiger partial charge is 0.468 e. The number of rotatable bonds is 5. The second-order valence-corrected chi connectivity index (χ2v) is 17.3. The van der Waals surface area contributed by atoms with E-state index in [2.05, 4.69) is 38.3 Å². The number of ether oxygens (including phenoxy) is 1. The molecule has 1 aliphatic heterocycles. The van der Waals surface area contributed by atoms with Crippen LogP contribution >= 0.6 is 0 Å². The Labute approximate surface area is 176 Å². The molecule has 0 spiro atoms. The summed E-state index contributed by atoms with van der Waals surface area (Å²) in [7, 11) is -3.97. The SMILES string of the molecule is COC(=O)[C@]1(C)C[C@]2(C)C[C@]2(/C=C\[Si](C)(C)C)CN1S(=O)(=O)c1ccc(C)cc1. The molecule has 29 heavy (non-hydrogen) atoms. The Balaban J connectivity index is 2.09. The molecule has 1 saturated heterocycles. The monoisotopic (exact) mass is 435 g/mol. The minimum atomic E-state index is -3.86. The molecule has 7 heteroatoms. The van der Waals surface area contributed by atoms with Crippen LogP contribution in [-0.4, -0.2) is 46.0 Å². The highest BCUT2D eigenvalue weighted by Gasteiger charge is 2.72. The molecule has 1 aliphatic carbocycles. The maximum absolute atomic E-state index is 13.6. The fourth-order valence-electron chi connectivity index (χ4n) is 4.72. The lowest BCUT2D eigenvalue weighted by Crippen LogP contribution is -2.61. The molecular weight excluding hydrogens is 402 g/mol. The van der Waals surface area contributed by atoms with Gasteiger partial charge >= 0.3 is 5.97 Å². The quantitative estimate of drug-likeness (QED) is 0.515. The van der Waals surface area contributed by atoms with Gasteiger partial charge in [-0.2, -0.15) is 4.31 Å². The molecule has 1 aromatic carbocycles. The molecule has 0 bridgehead atoms. The van der Waals surface area contributed by atoms with Crippen LogP contribution in [0.4, 0.5) is 0 Å². The summed E-state index contributed by atoms with van der Waals surface area (Å²) >= 11 is 0. The number of carbonyl (C=O) groups excluding carboxylic acids is 1. The highest BCUT2D eigenvalue weighted by Crippen LogP contribution is 2.72. The summed E-state index contributed by atoms with van der Waals surface area (Å²) in [6.45, 7) is 12.9. The van der Waals surface area contributed by atoms with Crippen LogP contribution in [0.25, 0.3) is 0 Å². The molecule has 0 N–H and O–H groups in total. The Morgan fingerprint density at radius 2 is 1.72 bits per heavy atom. The number of methoxy groups -OCH3 is 1. The van der Waals surface area contributed by atoms with Crippen molar-refractivity contribution in [2.24, 2.45) is 10.8 Å². The van der Waals surface area contributed by atoms with Crippen LogP contribution in [0, 0.1) is 17.8 Å². The first-order chi connectivity index (χ1) is 13.2. The Hall–Kier alpha value is -1.44. The number of carbonyl (C=O) groups is 1. The van der Waals surface area contributed by atoms with E-state index >= 15 is 0 Å². The molecule has 0 unspecified atom stereocenters. The molecule has 5 nitrogen and oxygen atoms in total. The van der Waals surface area contributed by atoms with E-state index in [0.717, 1.165) is 12.0 Å². The molecule has 3 rings (SSSR count). The molecule has 160 valence electrons. The van der Waals surface area contributed by atoms with Gasteiger partial charge in [-0.05, 0) is 44.2 Å². The molecule has 0 aromatic heterocycles. The summed E-state index contributed by atoms with van der Waals surface area (Å²) in [4.78, 5) is 13.0. The summed E-state index contributed by atoms with van der Waals surface area (Å²) in [5.74, 6) is -0.496. The van der Waals surface area contributed by atoms with Crippen LogP contribution in [0.5, 0.6) is 0 Å². The minimum absolute atomic E-state index is 0.106. The van der Waals surface area contributed by atoms with E-state index in [-0.39, 0.29) is 15.7 Å². The number of hydrogen-bond donors (Lipinski definition) is 0. The first-order valence-electron chi connectivity index (χ1n) is 10.1. The first kappa shape index (κ1) is 22.2. The van der Waals surface area contributed by atoms with Crippen molar-refractivity contribution >= 4 is 24.1 Å². The number of fused-ring (bicyclic) bond motifs is 1. The molecule has 2 fully saturated rings. The van der Waals surface area contributed by atoms with E-state index in [1.807, 2.05) is 6.92 Å². The van der Waals surface area contributed by atoms with Gasteiger partial charge in [-0.15, -0.1) is 0 Å². The van der Waals surface area contributed by atoms with E-state index in [0.29, 0.717) is 13.0 Å². The molecule has 1 aromatic rings. The number of esters is 1. The van der Waals surface area contributed by atoms with Gasteiger partial charge in [0.1, 0.15) is 5.54 Å². The van der Waals surface area contributed by atoms with Gasteiger partial charge in [-0.3, -0.25) is 4.79 Å². The number of sulfonamides is 1. The molecule has 0 radical (unpaired) electrons. The van der Waals surface area contributed by atoms with Gasteiger partial charge in [-0.25, -0.2) is 8.42 Å². The second-order valence-electron chi connectivity index (χ2n) is 10.4. The van der Waals surface area contributed by atoms with Crippen LogP contribution < -0.4 is 0 Å². The van der Waals surface area contributed by atoms with Crippen LogP contribution in [-0.2, 0) is 19.6 Å². The van der Waals surface area contributed by atoms with Crippen LogP contribution in [0.1, 0.15) is 32.3 Å². The van der Waals surface area contributed by atoms with Gasteiger partial charge in [0.2, 0.25) is 10.0 Å². The maximum Gasteiger partial charge on any atom is 0.327 e. The van der Waals surface area contributed by atoms with Crippen molar-refractivity contribution in [1.82, 2.24) is 4.31 Å². The molecule has 2 aliphatic rings. The van der Waals surface area contributed by atoms with E-state index in [1.165, 1.54) is 11.4 Å². The van der Waals surface area contributed by atoms with E-state index in [4.69, 9.17) is 4.74 Å². The summed E-state index contributed by atoms with van der Waals surface area (Å²) in [5.41, 5.74) is 1.74. The van der Waals surface area contributed by atoms with Crippen LogP contribution in [0.2, 0.25) is 19.6 Å². The van der Waals surface area contributed by atoms with E-state index < -0.39 is 29.6 Å². The lowest BCUT2D eigenvalue weighted by molar-refractivity contribution is -0.154. The van der Waals surface area contributed by atoms with E-state index in [1.54, 1.807) is 31.2 Å². The van der Waals surface area contributed by atoms with Gasteiger partial charge in [0.25, 0.3) is 0 Å². The standard InChI is InChI=1S/C22H33NO4SSi/c1-17-8-10-18(11-9-17)28(25,26)23-16-22(12-13-29(5,6)7)15-20(22,2)14-21(23,3)19(24)27-4/h8-13H,14-16H2,1-7H3/b13-12-/t20-,21+,22-/m1/s1. The zero-order chi connectivity index (χ0) is 21.9. The number of hydrogen-bond acceptors (Lipinski definition) is 4. The lowest BCUT2D eigenvalue weighted by Gasteiger charge is -2.46.